The molecule has 0 aliphatic rings. The van der Waals surface area contributed by atoms with Gasteiger partial charge in [0.15, 0.2) is 5.65 Å². The van der Waals surface area contributed by atoms with Crippen LogP contribution in [0.3, 0.4) is 0 Å². The van der Waals surface area contributed by atoms with Gasteiger partial charge in [-0.2, -0.15) is 4.52 Å². The van der Waals surface area contributed by atoms with Gasteiger partial charge in [0.2, 0.25) is 0 Å². The molecule has 0 amide bonds. The molecular weight excluding hydrogens is 426 g/mol. The van der Waals surface area contributed by atoms with Gasteiger partial charge in [0.1, 0.15) is 6.73 Å². The summed E-state index contributed by atoms with van der Waals surface area (Å²) >= 11 is 0. The van der Waals surface area contributed by atoms with E-state index in [9.17, 15) is 9.90 Å². The minimum absolute atomic E-state index is 0.126. The fourth-order valence-corrected chi connectivity index (χ4v) is 4.51. The molecule has 6 rings (SSSR count). The summed E-state index contributed by atoms with van der Waals surface area (Å²) < 4.78 is 3.19. The summed E-state index contributed by atoms with van der Waals surface area (Å²) in [5.74, 6) is 0. The number of aliphatic hydroxyl groups excluding tert-OH is 1. The van der Waals surface area contributed by atoms with E-state index in [1.807, 2.05) is 79.9 Å². The van der Waals surface area contributed by atoms with Crippen molar-refractivity contribution in [1.82, 2.24) is 24.1 Å². The van der Waals surface area contributed by atoms with Crippen LogP contribution in [-0.4, -0.2) is 29.3 Å². The van der Waals surface area contributed by atoms with Gasteiger partial charge in [0.05, 0.1) is 28.0 Å². The molecule has 7 nitrogen and oxygen atoms in total. The second-order valence-corrected chi connectivity index (χ2v) is 8.23. The summed E-state index contributed by atoms with van der Waals surface area (Å²) in [6.07, 6.45) is 5.39. The maximum Gasteiger partial charge on any atom is 0.280 e. The van der Waals surface area contributed by atoms with Crippen molar-refractivity contribution in [2.75, 3.05) is 0 Å². The van der Waals surface area contributed by atoms with Gasteiger partial charge in [-0.05, 0) is 42.3 Å². The monoisotopic (exact) mass is 447 g/mol. The van der Waals surface area contributed by atoms with Gasteiger partial charge in [-0.15, -0.1) is 0 Å². The Balaban J connectivity index is 1.64. The lowest BCUT2D eigenvalue weighted by molar-refractivity contribution is 0.211. The molecule has 2 N–H and O–H groups in total. The van der Waals surface area contributed by atoms with E-state index in [1.54, 1.807) is 17.0 Å². The predicted molar refractivity (Wildman–Crippen MR) is 132 cm³/mol. The van der Waals surface area contributed by atoms with E-state index >= 15 is 0 Å². The van der Waals surface area contributed by atoms with Crippen molar-refractivity contribution in [2.45, 2.75) is 13.7 Å². The van der Waals surface area contributed by atoms with Crippen LogP contribution in [0, 0.1) is 6.92 Å². The van der Waals surface area contributed by atoms with E-state index in [1.165, 1.54) is 4.52 Å². The van der Waals surface area contributed by atoms with Crippen molar-refractivity contribution in [1.29, 1.82) is 0 Å². The maximum absolute atomic E-state index is 13.8. The lowest BCUT2D eigenvalue weighted by Gasteiger charge is -2.08. The average Bonchev–Trinajstić information content (AvgIpc) is 3.49. The molecule has 0 radical (unpaired) electrons. The first-order chi connectivity index (χ1) is 16.6. The summed E-state index contributed by atoms with van der Waals surface area (Å²) in [4.78, 5) is 23.1. The number of nitrogens with zero attached hydrogens (tertiary/aromatic N) is 4. The first kappa shape index (κ1) is 20.1. The van der Waals surface area contributed by atoms with Gasteiger partial charge in [-0.1, -0.05) is 42.5 Å². The number of H-pyrrole nitrogens is 1. The van der Waals surface area contributed by atoms with Crippen molar-refractivity contribution in [3.05, 3.63) is 101 Å². The molecule has 4 heterocycles. The Kier molecular flexibility index (Phi) is 4.64. The fourth-order valence-electron chi connectivity index (χ4n) is 4.51. The van der Waals surface area contributed by atoms with Crippen LogP contribution in [0.4, 0.5) is 0 Å². The Morgan fingerprint density at radius 3 is 2.59 bits per heavy atom. The number of pyridine rings is 1. The normalized spacial score (nSPS) is 11.5. The molecule has 7 heteroatoms. The lowest BCUT2D eigenvalue weighted by Crippen LogP contribution is -2.19. The number of hydrogen-bond acceptors (Lipinski definition) is 4. The zero-order chi connectivity index (χ0) is 23.2. The Morgan fingerprint density at radius 1 is 0.941 bits per heavy atom. The Morgan fingerprint density at radius 2 is 1.79 bits per heavy atom. The van der Waals surface area contributed by atoms with E-state index in [0.717, 1.165) is 38.9 Å². The van der Waals surface area contributed by atoms with Gasteiger partial charge in [-0.25, -0.2) is 4.98 Å². The van der Waals surface area contributed by atoms with E-state index in [0.29, 0.717) is 16.9 Å². The highest BCUT2D eigenvalue weighted by molar-refractivity contribution is 5.91. The highest BCUT2D eigenvalue weighted by atomic mass is 16.3. The molecule has 0 unspecified atom stereocenters. The quantitative estimate of drug-likeness (QED) is 0.412. The number of nitrogens with one attached hydrogen (secondary N) is 1. The summed E-state index contributed by atoms with van der Waals surface area (Å²) in [5, 5.41) is 13.8. The van der Waals surface area contributed by atoms with Gasteiger partial charge in [0.25, 0.3) is 5.56 Å². The molecule has 166 valence electrons. The highest BCUT2D eigenvalue weighted by Crippen LogP contribution is 2.35. The summed E-state index contributed by atoms with van der Waals surface area (Å²) in [7, 11) is 0. The minimum atomic E-state index is -0.171. The van der Waals surface area contributed by atoms with Crippen molar-refractivity contribution in [3.8, 4) is 33.5 Å². The van der Waals surface area contributed by atoms with E-state index in [4.69, 9.17) is 4.98 Å². The lowest BCUT2D eigenvalue weighted by atomic mass is 10.0. The van der Waals surface area contributed by atoms with Crippen LogP contribution < -0.4 is 5.56 Å². The number of aliphatic hydroxyl groups is 1. The predicted octanol–water partition coefficient (Wildman–Crippen LogP) is 4.63. The number of rotatable bonds is 4. The molecule has 4 aromatic heterocycles. The van der Waals surface area contributed by atoms with Crippen LogP contribution in [0.25, 0.3) is 50.1 Å². The van der Waals surface area contributed by atoms with E-state index in [2.05, 4.69) is 10.1 Å². The fraction of sp³-hybridized carbons (Fsp3) is 0.0741. The molecular formula is C27H21N5O2. The standard InChI is InChI=1S/C27H21N5O2/c1-17-23(20-9-10-22-19(14-20)8-5-12-28-22)27(34)32-26(29-17)24(18-6-3-2-4-7-18)25(30-32)21-11-13-31(15-21)16-33/h2-15,30,33H,16H2,1H3. The van der Waals surface area contributed by atoms with Crippen LogP contribution in [0.2, 0.25) is 0 Å². The number of aromatic nitrogens is 5. The van der Waals surface area contributed by atoms with Crippen molar-refractivity contribution >= 4 is 16.6 Å². The molecule has 0 aliphatic carbocycles. The van der Waals surface area contributed by atoms with Crippen molar-refractivity contribution < 1.29 is 5.11 Å². The van der Waals surface area contributed by atoms with Gasteiger partial charge in [-0.3, -0.25) is 14.9 Å². The van der Waals surface area contributed by atoms with Gasteiger partial charge in [0, 0.05) is 29.5 Å². The average molecular weight is 447 g/mol. The van der Waals surface area contributed by atoms with Crippen LogP contribution in [0.5, 0.6) is 0 Å². The van der Waals surface area contributed by atoms with Crippen LogP contribution in [0.15, 0.2) is 90.1 Å². The third kappa shape index (κ3) is 3.14. The first-order valence-electron chi connectivity index (χ1n) is 11.0. The second-order valence-electron chi connectivity index (χ2n) is 8.23. The zero-order valence-corrected chi connectivity index (χ0v) is 18.4. The molecule has 0 saturated carbocycles. The number of hydrogen-bond donors (Lipinski definition) is 2. The van der Waals surface area contributed by atoms with Gasteiger partial charge >= 0.3 is 0 Å². The van der Waals surface area contributed by atoms with E-state index in [-0.39, 0.29) is 12.3 Å². The van der Waals surface area contributed by atoms with E-state index < -0.39 is 0 Å². The highest BCUT2D eigenvalue weighted by Gasteiger charge is 2.21. The zero-order valence-electron chi connectivity index (χ0n) is 18.4. The van der Waals surface area contributed by atoms with Crippen molar-refractivity contribution in [2.24, 2.45) is 0 Å². The molecule has 2 aromatic carbocycles. The first-order valence-corrected chi connectivity index (χ1v) is 11.0. The third-order valence-corrected chi connectivity index (χ3v) is 6.12. The number of aromatic amines is 1. The minimum Gasteiger partial charge on any atom is -0.376 e. The Labute approximate surface area is 194 Å². The maximum atomic E-state index is 13.8. The van der Waals surface area contributed by atoms with Crippen LogP contribution in [0.1, 0.15) is 5.69 Å². The molecule has 6 aromatic rings. The molecule has 0 spiro atoms. The summed E-state index contributed by atoms with van der Waals surface area (Å²) in [5.41, 5.74) is 6.68. The summed E-state index contributed by atoms with van der Waals surface area (Å²) in [6, 6.07) is 21.5. The van der Waals surface area contributed by atoms with Crippen LogP contribution >= 0.6 is 0 Å². The number of fused-ring (bicyclic) bond motifs is 2. The Bertz CT molecular complexity index is 1730. The SMILES string of the molecule is Cc1nc2c(-c3ccccc3)c(-c3ccn(CO)c3)[nH]n2c(=O)c1-c1ccc2ncccc2c1. The number of aryl methyl sites for hydroxylation is 1. The van der Waals surface area contributed by atoms with Gasteiger partial charge < -0.3 is 9.67 Å². The van der Waals surface area contributed by atoms with Crippen molar-refractivity contribution in [3.63, 3.8) is 0 Å². The Hall–Kier alpha value is -4.49. The second kappa shape index (κ2) is 7.83. The van der Waals surface area contributed by atoms with Crippen LogP contribution in [-0.2, 0) is 6.73 Å². The summed E-state index contributed by atoms with van der Waals surface area (Å²) in [6.45, 7) is 1.74. The third-order valence-electron chi connectivity index (χ3n) is 6.12. The topological polar surface area (TPSA) is 88.2 Å². The molecule has 0 atom stereocenters. The molecule has 0 bridgehead atoms. The molecule has 0 fully saturated rings. The number of benzene rings is 2. The molecule has 0 aliphatic heterocycles. The largest absolute Gasteiger partial charge is 0.376 e. The molecule has 0 saturated heterocycles. The molecule has 34 heavy (non-hydrogen) atoms. The smallest absolute Gasteiger partial charge is 0.280 e.